The lowest BCUT2D eigenvalue weighted by Crippen LogP contribution is -2.29. The first-order valence-corrected chi connectivity index (χ1v) is 10.8. The third-order valence-electron chi connectivity index (χ3n) is 6.78. The summed E-state index contributed by atoms with van der Waals surface area (Å²) in [4.78, 5) is 34.9. The predicted octanol–water partition coefficient (Wildman–Crippen LogP) is 2.34. The summed E-state index contributed by atoms with van der Waals surface area (Å²) < 4.78 is 7.52. The van der Waals surface area contributed by atoms with Gasteiger partial charge in [-0.2, -0.15) is 9.97 Å². The fourth-order valence-corrected chi connectivity index (χ4v) is 5.25. The van der Waals surface area contributed by atoms with Crippen LogP contribution in [0.5, 0.6) is 5.88 Å². The van der Waals surface area contributed by atoms with Gasteiger partial charge in [-0.05, 0) is 24.7 Å². The molecular formula is C22H24N8O2. The third-order valence-corrected chi connectivity index (χ3v) is 6.78. The molecule has 0 spiro atoms. The van der Waals surface area contributed by atoms with E-state index in [2.05, 4.69) is 25.3 Å². The smallest absolute Gasteiger partial charge is 0.233 e. The van der Waals surface area contributed by atoms with Crippen LogP contribution in [0.15, 0.2) is 31.0 Å². The largest absolute Gasteiger partial charge is 0.480 e. The number of carbonyl (C=O) groups excluding carboxylic acids is 1. The van der Waals surface area contributed by atoms with Crippen molar-refractivity contribution < 1.29 is 9.53 Å². The Balaban J connectivity index is 1.27. The van der Waals surface area contributed by atoms with Gasteiger partial charge < -0.3 is 19.9 Å². The number of nitrogens with one attached hydrogen (secondary N) is 2. The van der Waals surface area contributed by atoms with Crippen LogP contribution in [0.2, 0.25) is 0 Å². The van der Waals surface area contributed by atoms with Crippen LogP contribution in [0.1, 0.15) is 19.8 Å². The van der Waals surface area contributed by atoms with Crippen LogP contribution in [0.4, 0.5) is 5.95 Å². The minimum Gasteiger partial charge on any atom is -0.480 e. The quantitative estimate of drug-likeness (QED) is 0.509. The number of hydrogen-bond donors (Lipinski definition) is 2. The van der Waals surface area contributed by atoms with Gasteiger partial charge in [0, 0.05) is 68.2 Å². The number of ether oxygens (including phenoxy) is 1. The number of likely N-dealkylation sites (tertiary alicyclic amines) is 1. The lowest BCUT2D eigenvalue weighted by molar-refractivity contribution is -0.128. The first-order chi connectivity index (χ1) is 15.6. The minimum absolute atomic E-state index is 0.173. The molecule has 10 nitrogen and oxygen atoms in total. The van der Waals surface area contributed by atoms with Gasteiger partial charge in [0.15, 0.2) is 0 Å². The molecule has 0 radical (unpaired) electrons. The first-order valence-electron chi connectivity index (χ1n) is 10.8. The Morgan fingerprint density at radius 2 is 2.03 bits per heavy atom. The lowest BCUT2D eigenvalue weighted by atomic mass is 10.0. The molecule has 32 heavy (non-hydrogen) atoms. The zero-order chi connectivity index (χ0) is 21.8. The van der Waals surface area contributed by atoms with Crippen LogP contribution in [0.3, 0.4) is 0 Å². The van der Waals surface area contributed by atoms with E-state index in [0.29, 0.717) is 41.1 Å². The van der Waals surface area contributed by atoms with Gasteiger partial charge in [-0.1, -0.05) is 0 Å². The second kappa shape index (κ2) is 7.18. The summed E-state index contributed by atoms with van der Waals surface area (Å²) in [5, 5.41) is 4.32. The second-order valence-corrected chi connectivity index (χ2v) is 8.72. The zero-order valence-electron chi connectivity index (χ0n) is 17.9. The average Bonchev–Trinajstić information content (AvgIpc) is 3.54. The molecule has 1 saturated heterocycles. The maximum absolute atomic E-state index is 11.7. The highest BCUT2D eigenvalue weighted by Gasteiger charge is 2.41. The highest BCUT2D eigenvalue weighted by atomic mass is 16.5. The van der Waals surface area contributed by atoms with Crippen molar-refractivity contribution >= 4 is 28.7 Å². The van der Waals surface area contributed by atoms with E-state index in [1.165, 1.54) is 0 Å². The fourth-order valence-electron chi connectivity index (χ4n) is 5.25. The normalized spacial score (nSPS) is 22.6. The molecule has 4 aromatic rings. The van der Waals surface area contributed by atoms with E-state index < -0.39 is 0 Å². The first kappa shape index (κ1) is 19.0. The number of anilines is 1. The highest BCUT2D eigenvalue weighted by Crippen LogP contribution is 2.40. The van der Waals surface area contributed by atoms with Crippen LogP contribution in [0, 0.1) is 11.8 Å². The predicted molar refractivity (Wildman–Crippen MR) is 118 cm³/mol. The van der Waals surface area contributed by atoms with Gasteiger partial charge >= 0.3 is 0 Å². The van der Waals surface area contributed by atoms with Gasteiger partial charge in [0.25, 0.3) is 0 Å². The Labute approximate surface area is 184 Å². The minimum atomic E-state index is 0.173. The molecule has 2 aliphatic rings. The third kappa shape index (κ3) is 3.05. The molecule has 0 bridgehead atoms. The molecule has 6 rings (SSSR count). The number of rotatable bonds is 4. The summed E-state index contributed by atoms with van der Waals surface area (Å²) in [6, 6.07) is 0.295. The summed E-state index contributed by atoms with van der Waals surface area (Å²) >= 11 is 0. The number of hydrogen-bond acceptors (Lipinski definition) is 7. The van der Waals surface area contributed by atoms with Crippen molar-refractivity contribution in [2.45, 2.75) is 25.8 Å². The summed E-state index contributed by atoms with van der Waals surface area (Å²) in [7, 11) is 1.62. The number of aromatic amines is 1. The maximum Gasteiger partial charge on any atom is 0.233 e. The molecule has 0 unspecified atom stereocenters. The number of aromatic nitrogens is 6. The van der Waals surface area contributed by atoms with Gasteiger partial charge in [0.2, 0.25) is 23.5 Å². The van der Waals surface area contributed by atoms with Gasteiger partial charge in [-0.15, -0.1) is 0 Å². The number of carbonyl (C=O) groups is 1. The standard InChI is InChI=1S/C22H24N8O2/c1-12(31)30-9-13-5-16(6-14(13)10-30)26-21-27-19-18(20(28-21)32-2)17(8-24-19)15-7-25-22-23-3-4-29(22)11-15/h3-4,7-8,11,13-14,16H,5-6,9-10H2,1-2H3,(H2,24,26,27,28)/t13-,14+,16-. The van der Waals surface area contributed by atoms with Gasteiger partial charge in [-0.3, -0.25) is 9.20 Å². The fraction of sp³-hybridized carbons (Fsp3) is 0.409. The molecule has 1 aliphatic carbocycles. The molecule has 1 aliphatic heterocycles. The topological polar surface area (TPSA) is 113 Å². The lowest BCUT2D eigenvalue weighted by Gasteiger charge is -2.18. The Morgan fingerprint density at radius 3 is 2.78 bits per heavy atom. The Hall–Kier alpha value is -3.69. The Kier molecular flexibility index (Phi) is 4.27. The summed E-state index contributed by atoms with van der Waals surface area (Å²) in [5.41, 5.74) is 2.55. The molecule has 2 fully saturated rings. The van der Waals surface area contributed by atoms with Crippen LogP contribution >= 0.6 is 0 Å². The van der Waals surface area contributed by atoms with Crippen LogP contribution < -0.4 is 10.1 Å². The Morgan fingerprint density at radius 1 is 1.22 bits per heavy atom. The number of nitrogens with zero attached hydrogens (tertiary/aromatic N) is 6. The molecule has 0 aromatic carbocycles. The summed E-state index contributed by atoms with van der Waals surface area (Å²) in [6.07, 6.45) is 11.3. The maximum atomic E-state index is 11.7. The molecule has 10 heteroatoms. The summed E-state index contributed by atoms with van der Waals surface area (Å²) in [6.45, 7) is 3.37. The molecule has 5 heterocycles. The van der Waals surface area contributed by atoms with E-state index in [1.54, 1.807) is 26.4 Å². The van der Waals surface area contributed by atoms with Crippen molar-refractivity contribution in [3.05, 3.63) is 31.0 Å². The van der Waals surface area contributed by atoms with Crippen molar-refractivity contribution in [3.8, 4) is 17.0 Å². The number of amides is 1. The van der Waals surface area contributed by atoms with E-state index in [-0.39, 0.29) is 5.91 Å². The van der Waals surface area contributed by atoms with Crippen molar-refractivity contribution in [1.82, 2.24) is 34.2 Å². The van der Waals surface area contributed by atoms with E-state index in [4.69, 9.17) is 9.72 Å². The molecule has 4 aromatic heterocycles. The van der Waals surface area contributed by atoms with Crippen molar-refractivity contribution in [2.24, 2.45) is 11.8 Å². The molecule has 2 N–H and O–H groups in total. The van der Waals surface area contributed by atoms with E-state index >= 15 is 0 Å². The van der Waals surface area contributed by atoms with E-state index in [0.717, 1.165) is 42.4 Å². The monoisotopic (exact) mass is 432 g/mol. The highest BCUT2D eigenvalue weighted by molar-refractivity contribution is 5.97. The van der Waals surface area contributed by atoms with Crippen LogP contribution in [-0.4, -0.2) is 66.4 Å². The number of fused-ring (bicyclic) bond motifs is 3. The van der Waals surface area contributed by atoms with Crippen molar-refractivity contribution in [2.75, 3.05) is 25.5 Å². The second-order valence-electron chi connectivity index (χ2n) is 8.72. The van der Waals surface area contributed by atoms with Gasteiger partial charge in [0.1, 0.15) is 5.65 Å². The number of methoxy groups -OCH3 is 1. The number of H-pyrrole nitrogens is 1. The molecule has 1 amide bonds. The van der Waals surface area contributed by atoms with E-state index in [1.807, 2.05) is 27.9 Å². The van der Waals surface area contributed by atoms with Gasteiger partial charge in [0.05, 0.1) is 12.5 Å². The van der Waals surface area contributed by atoms with Crippen molar-refractivity contribution in [1.29, 1.82) is 0 Å². The van der Waals surface area contributed by atoms with E-state index in [9.17, 15) is 4.79 Å². The van der Waals surface area contributed by atoms with Gasteiger partial charge in [-0.25, -0.2) is 9.97 Å². The zero-order valence-corrected chi connectivity index (χ0v) is 17.9. The SMILES string of the molecule is COc1nc(N[C@@H]2C[C@@H]3CN(C(C)=O)C[C@@H]3C2)nc2[nH]cc(-c3cnc4nccn4c3)c12. The van der Waals surface area contributed by atoms with Crippen LogP contribution in [0.25, 0.3) is 27.9 Å². The molecular weight excluding hydrogens is 408 g/mol. The van der Waals surface area contributed by atoms with Crippen LogP contribution in [-0.2, 0) is 4.79 Å². The molecule has 164 valence electrons. The molecule has 3 atom stereocenters. The summed E-state index contributed by atoms with van der Waals surface area (Å²) in [5.74, 6) is 2.98. The number of imidazole rings is 1. The Bertz CT molecular complexity index is 1310. The average molecular weight is 432 g/mol. The molecule has 1 saturated carbocycles. The van der Waals surface area contributed by atoms with Crippen molar-refractivity contribution in [3.63, 3.8) is 0 Å².